The molecule has 0 aliphatic rings. The zero-order valence-electron chi connectivity index (χ0n) is 15.9. The Morgan fingerprint density at radius 1 is 1.11 bits per heavy atom. The summed E-state index contributed by atoms with van der Waals surface area (Å²) in [6, 6.07) is 16.7. The predicted octanol–water partition coefficient (Wildman–Crippen LogP) is 5.21. The number of thioether (sulfide) groups is 1. The lowest BCUT2D eigenvalue weighted by atomic mass is 10.2. The third-order valence-corrected chi connectivity index (χ3v) is 5.29. The molecule has 3 aromatic rings. The molecule has 0 atom stereocenters. The molecule has 140 valence electrons. The van der Waals surface area contributed by atoms with Crippen LogP contribution in [0.2, 0.25) is 0 Å². The Labute approximate surface area is 165 Å². The van der Waals surface area contributed by atoms with E-state index in [1.54, 1.807) is 11.8 Å². The summed E-state index contributed by atoms with van der Waals surface area (Å²) in [7, 11) is 0. The van der Waals surface area contributed by atoms with Gasteiger partial charge in [0.2, 0.25) is 0 Å². The number of aryl methyl sites for hydroxylation is 2. The summed E-state index contributed by atoms with van der Waals surface area (Å²) < 4.78 is 7.97. The first-order valence-corrected chi connectivity index (χ1v) is 10.1. The number of benzene rings is 2. The van der Waals surface area contributed by atoms with Crippen LogP contribution in [0.4, 0.5) is 0 Å². The van der Waals surface area contributed by atoms with Crippen molar-refractivity contribution >= 4 is 11.8 Å². The van der Waals surface area contributed by atoms with Crippen LogP contribution in [0, 0.1) is 6.92 Å². The standard InChI is InChI=1S/C22H25N3OS/c1-4-13-25-21(15-26-20-11-9-18(5-2)10-12-20)23-24-22(25)27-16-19-8-6-7-17(3)14-19/h4,6-12,14H,1,5,13,15-16H2,2-3H3. The molecular weight excluding hydrogens is 354 g/mol. The van der Waals surface area contributed by atoms with E-state index in [1.165, 1.54) is 16.7 Å². The third kappa shape index (κ3) is 5.23. The molecule has 3 rings (SSSR count). The summed E-state index contributed by atoms with van der Waals surface area (Å²) in [6.07, 6.45) is 2.88. The van der Waals surface area contributed by atoms with Crippen LogP contribution in [0.15, 0.2) is 66.3 Å². The van der Waals surface area contributed by atoms with E-state index in [1.807, 2.05) is 18.2 Å². The van der Waals surface area contributed by atoms with Gasteiger partial charge in [-0.1, -0.05) is 66.7 Å². The fraction of sp³-hybridized carbons (Fsp3) is 0.273. The highest BCUT2D eigenvalue weighted by Crippen LogP contribution is 2.23. The van der Waals surface area contributed by atoms with E-state index in [4.69, 9.17) is 4.74 Å². The summed E-state index contributed by atoms with van der Waals surface area (Å²) in [4.78, 5) is 0. The number of rotatable bonds is 9. The topological polar surface area (TPSA) is 39.9 Å². The van der Waals surface area contributed by atoms with Gasteiger partial charge in [-0.05, 0) is 36.6 Å². The van der Waals surface area contributed by atoms with E-state index in [2.05, 4.69) is 71.6 Å². The van der Waals surface area contributed by atoms with Gasteiger partial charge in [-0.25, -0.2) is 0 Å². The Morgan fingerprint density at radius 2 is 1.93 bits per heavy atom. The first-order chi connectivity index (χ1) is 13.2. The fourth-order valence-electron chi connectivity index (χ4n) is 2.76. The van der Waals surface area contributed by atoms with Crippen LogP contribution in [0.1, 0.15) is 29.4 Å². The first kappa shape index (κ1) is 19.2. The number of ether oxygens (including phenoxy) is 1. The van der Waals surface area contributed by atoms with Crippen molar-refractivity contribution in [1.29, 1.82) is 0 Å². The van der Waals surface area contributed by atoms with E-state index < -0.39 is 0 Å². The maximum Gasteiger partial charge on any atom is 0.191 e. The lowest BCUT2D eigenvalue weighted by molar-refractivity contribution is 0.289. The Kier molecular flexibility index (Phi) is 6.71. The van der Waals surface area contributed by atoms with Crippen molar-refractivity contribution in [2.45, 2.75) is 44.3 Å². The highest BCUT2D eigenvalue weighted by Gasteiger charge is 2.12. The second-order valence-electron chi connectivity index (χ2n) is 6.36. The summed E-state index contributed by atoms with van der Waals surface area (Å²) in [6.45, 7) is 9.16. The number of allylic oxidation sites excluding steroid dienone is 1. The van der Waals surface area contributed by atoms with E-state index in [9.17, 15) is 0 Å². The van der Waals surface area contributed by atoms with Crippen LogP contribution in [0.3, 0.4) is 0 Å². The molecule has 0 amide bonds. The second kappa shape index (κ2) is 9.42. The molecule has 0 bridgehead atoms. The lowest BCUT2D eigenvalue weighted by Gasteiger charge is -2.09. The number of aromatic nitrogens is 3. The molecule has 0 N–H and O–H groups in total. The molecule has 5 heteroatoms. The minimum atomic E-state index is 0.386. The summed E-state index contributed by atoms with van der Waals surface area (Å²) in [5.74, 6) is 2.51. The Bertz CT molecular complexity index is 887. The molecule has 0 saturated heterocycles. The van der Waals surface area contributed by atoms with Gasteiger partial charge >= 0.3 is 0 Å². The summed E-state index contributed by atoms with van der Waals surface area (Å²) in [5.41, 5.74) is 3.85. The minimum Gasteiger partial charge on any atom is -0.486 e. The van der Waals surface area contributed by atoms with Crippen LogP contribution < -0.4 is 4.74 Å². The van der Waals surface area contributed by atoms with Crippen molar-refractivity contribution in [2.75, 3.05) is 0 Å². The molecular formula is C22H25N3OS. The lowest BCUT2D eigenvalue weighted by Crippen LogP contribution is -2.07. The SMILES string of the molecule is C=CCn1c(COc2ccc(CC)cc2)nnc1SCc1cccc(C)c1. The maximum absolute atomic E-state index is 5.90. The molecule has 0 aliphatic carbocycles. The van der Waals surface area contributed by atoms with Gasteiger partial charge in [0, 0.05) is 12.3 Å². The fourth-order valence-corrected chi connectivity index (χ4v) is 3.67. The van der Waals surface area contributed by atoms with E-state index >= 15 is 0 Å². The molecule has 1 heterocycles. The molecule has 0 aliphatic heterocycles. The van der Waals surface area contributed by atoms with Gasteiger partial charge in [0.05, 0.1) is 0 Å². The van der Waals surface area contributed by atoms with Crippen LogP contribution in [0.25, 0.3) is 0 Å². The van der Waals surface area contributed by atoms with Crippen molar-refractivity contribution in [3.05, 3.63) is 83.7 Å². The van der Waals surface area contributed by atoms with Gasteiger partial charge in [0.25, 0.3) is 0 Å². The molecule has 0 radical (unpaired) electrons. The molecule has 0 saturated carbocycles. The molecule has 4 nitrogen and oxygen atoms in total. The molecule has 0 unspecified atom stereocenters. The van der Waals surface area contributed by atoms with Crippen LogP contribution in [-0.2, 0) is 25.3 Å². The van der Waals surface area contributed by atoms with Crippen LogP contribution in [-0.4, -0.2) is 14.8 Å². The number of hydrogen-bond donors (Lipinski definition) is 0. The van der Waals surface area contributed by atoms with Crippen molar-refractivity contribution in [2.24, 2.45) is 0 Å². The number of nitrogens with zero attached hydrogens (tertiary/aromatic N) is 3. The van der Waals surface area contributed by atoms with Crippen molar-refractivity contribution < 1.29 is 4.74 Å². The molecule has 2 aromatic carbocycles. The molecule has 0 fully saturated rings. The monoisotopic (exact) mass is 379 g/mol. The van der Waals surface area contributed by atoms with E-state index in [-0.39, 0.29) is 0 Å². The largest absolute Gasteiger partial charge is 0.486 e. The average molecular weight is 380 g/mol. The van der Waals surface area contributed by atoms with Gasteiger partial charge in [-0.3, -0.25) is 4.57 Å². The maximum atomic E-state index is 5.90. The van der Waals surface area contributed by atoms with Gasteiger partial charge < -0.3 is 4.74 Å². The highest BCUT2D eigenvalue weighted by molar-refractivity contribution is 7.98. The average Bonchev–Trinajstić information content (AvgIpc) is 3.07. The molecule has 1 aromatic heterocycles. The van der Waals surface area contributed by atoms with Crippen molar-refractivity contribution in [1.82, 2.24) is 14.8 Å². The summed E-state index contributed by atoms with van der Waals surface area (Å²) in [5, 5.41) is 9.58. The highest BCUT2D eigenvalue weighted by atomic mass is 32.2. The van der Waals surface area contributed by atoms with Crippen LogP contribution in [0.5, 0.6) is 5.75 Å². The van der Waals surface area contributed by atoms with Gasteiger partial charge in [0.1, 0.15) is 12.4 Å². The van der Waals surface area contributed by atoms with Crippen LogP contribution >= 0.6 is 11.8 Å². The Balaban J connectivity index is 1.67. The smallest absolute Gasteiger partial charge is 0.191 e. The second-order valence-corrected chi connectivity index (χ2v) is 7.30. The van der Waals surface area contributed by atoms with Crippen molar-refractivity contribution in [3.8, 4) is 5.75 Å². The number of hydrogen-bond acceptors (Lipinski definition) is 4. The zero-order valence-corrected chi connectivity index (χ0v) is 16.7. The van der Waals surface area contributed by atoms with Crippen molar-refractivity contribution in [3.63, 3.8) is 0 Å². The Hall–Kier alpha value is -2.53. The van der Waals surface area contributed by atoms with Gasteiger partial charge in [-0.2, -0.15) is 0 Å². The summed E-state index contributed by atoms with van der Waals surface area (Å²) >= 11 is 1.68. The third-order valence-electron chi connectivity index (χ3n) is 4.26. The Morgan fingerprint density at radius 3 is 2.63 bits per heavy atom. The van der Waals surface area contributed by atoms with Gasteiger partial charge in [-0.15, -0.1) is 16.8 Å². The minimum absolute atomic E-state index is 0.386. The van der Waals surface area contributed by atoms with E-state index in [0.717, 1.165) is 28.9 Å². The predicted molar refractivity (Wildman–Crippen MR) is 111 cm³/mol. The quantitative estimate of drug-likeness (QED) is 0.378. The molecule has 0 spiro atoms. The molecule has 27 heavy (non-hydrogen) atoms. The normalized spacial score (nSPS) is 10.7. The van der Waals surface area contributed by atoms with E-state index in [0.29, 0.717) is 13.2 Å². The zero-order chi connectivity index (χ0) is 19.1. The van der Waals surface area contributed by atoms with Gasteiger partial charge in [0.15, 0.2) is 11.0 Å². The first-order valence-electron chi connectivity index (χ1n) is 9.12.